The van der Waals surface area contributed by atoms with Crippen LogP contribution in [0.25, 0.3) is 0 Å². The molecule has 0 fully saturated rings. The van der Waals surface area contributed by atoms with Crippen LogP contribution in [0, 0.1) is 0 Å². The highest BCUT2D eigenvalue weighted by Crippen LogP contribution is 2.28. The zero-order chi connectivity index (χ0) is 15.2. The number of anilines is 2. The van der Waals surface area contributed by atoms with E-state index in [0.717, 1.165) is 36.9 Å². The second-order valence-corrected chi connectivity index (χ2v) is 5.43. The molecule has 0 aromatic heterocycles. The lowest BCUT2D eigenvalue weighted by molar-refractivity contribution is -0.123. The number of rotatable bonds is 5. The van der Waals surface area contributed by atoms with Crippen molar-refractivity contribution in [3.63, 3.8) is 0 Å². The molecule has 2 amide bonds. The lowest BCUT2D eigenvalue weighted by Crippen LogP contribution is -2.40. The molecule has 1 heterocycles. The molecular weight excluding hydrogens is 266 g/mol. The molecule has 5 nitrogen and oxygen atoms in total. The molecule has 1 aliphatic heterocycles. The molecule has 0 saturated carbocycles. The van der Waals surface area contributed by atoms with Crippen LogP contribution in [0.3, 0.4) is 0 Å². The summed E-state index contributed by atoms with van der Waals surface area (Å²) in [5.74, 6) is -0.106. The Kier molecular flexibility index (Phi) is 5.20. The van der Waals surface area contributed by atoms with Gasteiger partial charge in [0.25, 0.3) is 0 Å². The van der Waals surface area contributed by atoms with Crippen molar-refractivity contribution in [1.29, 1.82) is 0 Å². The van der Waals surface area contributed by atoms with Gasteiger partial charge in [0.05, 0.1) is 0 Å². The Morgan fingerprint density at radius 1 is 1.38 bits per heavy atom. The first-order valence-electron chi connectivity index (χ1n) is 7.57. The van der Waals surface area contributed by atoms with E-state index in [1.807, 2.05) is 12.1 Å². The zero-order valence-electron chi connectivity index (χ0n) is 12.5. The molecule has 5 heteroatoms. The van der Waals surface area contributed by atoms with Gasteiger partial charge in [-0.3, -0.25) is 9.59 Å². The van der Waals surface area contributed by atoms with Gasteiger partial charge in [0.2, 0.25) is 11.8 Å². The number of hydrogen-bond donors (Lipinski definition) is 2. The summed E-state index contributed by atoms with van der Waals surface area (Å²) in [6.45, 7) is 2.82. The Labute approximate surface area is 125 Å². The summed E-state index contributed by atoms with van der Waals surface area (Å²) in [5, 5.41) is 2.86. The fraction of sp³-hybridized carbons (Fsp3) is 0.500. The minimum atomic E-state index is -0.110. The number of amides is 2. The minimum absolute atomic E-state index is 0.00385. The van der Waals surface area contributed by atoms with E-state index in [0.29, 0.717) is 18.7 Å². The van der Waals surface area contributed by atoms with Gasteiger partial charge >= 0.3 is 0 Å². The van der Waals surface area contributed by atoms with Crippen LogP contribution in [-0.2, 0) is 16.0 Å². The fourth-order valence-corrected chi connectivity index (χ4v) is 2.55. The third kappa shape index (κ3) is 3.97. The number of nitrogens with zero attached hydrogens (tertiary/aromatic N) is 1. The highest BCUT2D eigenvalue weighted by atomic mass is 16.2. The summed E-state index contributed by atoms with van der Waals surface area (Å²) in [5.41, 5.74) is 8.36. The van der Waals surface area contributed by atoms with Crippen LogP contribution in [0.15, 0.2) is 18.2 Å². The fourth-order valence-electron chi connectivity index (χ4n) is 2.55. The normalized spacial score (nSPS) is 14.5. The van der Waals surface area contributed by atoms with Crippen LogP contribution < -0.4 is 16.0 Å². The first-order chi connectivity index (χ1) is 10.1. The van der Waals surface area contributed by atoms with E-state index in [4.69, 9.17) is 5.73 Å². The predicted molar refractivity (Wildman–Crippen MR) is 84.1 cm³/mol. The monoisotopic (exact) mass is 289 g/mol. The van der Waals surface area contributed by atoms with Gasteiger partial charge in [-0.05, 0) is 43.0 Å². The van der Waals surface area contributed by atoms with Crippen LogP contribution in [0.1, 0.15) is 38.2 Å². The number of hydrogen-bond acceptors (Lipinski definition) is 3. The average molecular weight is 289 g/mol. The molecule has 0 saturated heterocycles. The average Bonchev–Trinajstić information content (AvgIpc) is 2.59. The molecular formula is C16H23N3O2. The molecule has 1 aromatic rings. The number of nitrogens with one attached hydrogen (secondary N) is 1. The van der Waals surface area contributed by atoms with Crippen molar-refractivity contribution in [3.8, 4) is 0 Å². The molecule has 0 aliphatic carbocycles. The van der Waals surface area contributed by atoms with Crippen molar-refractivity contribution >= 4 is 23.2 Å². The predicted octanol–water partition coefficient (Wildman–Crippen LogP) is 1.85. The first kappa shape index (κ1) is 15.4. The maximum atomic E-state index is 12.2. The van der Waals surface area contributed by atoms with Gasteiger partial charge in [-0.15, -0.1) is 0 Å². The molecule has 0 spiro atoms. The summed E-state index contributed by atoms with van der Waals surface area (Å²) < 4.78 is 0. The van der Waals surface area contributed by atoms with E-state index in [1.54, 1.807) is 11.0 Å². The number of aryl methyl sites for hydroxylation is 1. The topological polar surface area (TPSA) is 75.4 Å². The molecule has 21 heavy (non-hydrogen) atoms. The van der Waals surface area contributed by atoms with Crippen molar-refractivity contribution in [2.24, 2.45) is 0 Å². The number of nitrogens with two attached hydrogens (primary N) is 1. The number of carbonyl (C=O) groups excluding carboxylic acids is 2. The van der Waals surface area contributed by atoms with Crippen LogP contribution in [-0.4, -0.2) is 24.9 Å². The standard InChI is InChI=1S/C16H23N3O2/c1-2-3-9-18-15(20)11-19-14-8-7-13(17)10-12(14)5-4-6-16(19)21/h7-8,10H,2-6,9,11,17H2,1H3,(H,18,20). The quantitative estimate of drug-likeness (QED) is 0.641. The zero-order valence-corrected chi connectivity index (χ0v) is 12.5. The third-order valence-electron chi connectivity index (χ3n) is 3.69. The Morgan fingerprint density at radius 2 is 2.19 bits per heavy atom. The Morgan fingerprint density at radius 3 is 2.95 bits per heavy atom. The van der Waals surface area contributed by atoms with Crippen molar-refractivity contribution in [2.75, 3.05) is 23.7 Å². The van der Waals surface area contributed by atoms with Crippen LogP contribution in [0.2, 0.25) is 0 Å². The van der Waals surface area contributed by atoms with Gasteiger partial charge in [0, 0.05) is 24.3 Å². The highest BCUT2D eigenvalue weighted by Gasteiger charge is 2.24. The Hall–Kier alpha value is -2.04. The van der Waals surface area contributed by atoms with Gasteiger partial charge in [0.15, 0.2) is 0 Å². The smallest absolute Gasteiger partial charge is 0.240 e. The van der Waals surface area contributed by atoms with Gasteiger partial charge in [-0.25, -0.2) is 0 Å². The van der Waals surface area contributed by atoms with Crippen molar-refractivity contribution in [3.05, 3.63) is 23.8 Å². The van der Waals surface area contributed by atoms with E-state index in [1.165, 1.54) is 0 Å². The molecule has 0 unspecified atom stereocenters. The number of fused-ring (bicyclic) bond motifs is 1. The second kappa shape index (κ2) is 7.11. The lowest BCUT2D eigenvalue weighted by Gasteiger charge is -2.22. The molecule has 114 valence electrons. The number of unbranched alkanes of at least 4 members (excludes halogenated alkanes) is 1. The second-order valence-electron chi connectivity index (χ2n) is 5.43. The van der Waals surface area contributed by atoms with E-state index < -0.39 is 0 Å². The molecule has 0 bridgehead atoms. The molecule has 0 radical (unpaired) electrons. The van der Waals surface area contributed by atoms with Gasteiger partial charge in [0.1, 0.15) is 6.54 Å². The van der Waals surface area contributed by atoms with Crippen molar-refractivity contribution < 1.29 is 9.59 Å². The summed E-state index contributed by atoms with van der Waals surface area (Å²) in [6, 6.07) is 5.52. The summed E-state index contributed by atoms with van der Waals surface area (Å²) >= 11 is 0. The summed E-state index contributed by atoms with van der Waals surface area (Å²) in [7, 11) is 0. The van der Waals surface area contributed by atoms with E-state index >= 15 is 0 Å². The van der Waals surface area contributed by atoms with Crippen LogP contribution >= 0.6 is 0 Å². The Balaban J connectivity index is 2.13. The molecule has 1 aliphatic rings. The van der Waals surface area contributed by atoms with E-state index in [2.05, 4.69) is 12.2 Å². The maximum absolute atomic E-state index is 12.2. The minimum Gasteiger partial charge on any atom is -0.399 e. The number of carbonyl (C=O) groups is 2. The lowest BCUT2D eigenvalue weighted by atomic mass is 10.1. The maximum Gasteiger partial charge on any atom is 0.240 e. The largest absolute Gasteiger partial charge is 0.399 e. The van der Waals surface area contributed by atoms with Gasteiger partial charge in [-0.2, -0.15) is 0 Å². The molecule has 1 aromatic carbocycles. The Bertz CT molecular complexity index is 528. The van der Waals surface area contributed by atoms with Crippen molar-refractivity contribution in [2.45, 2.75) is 39.0 Å². The van der Waals surface area contributed by atoms with Gasteiger partial charge in [-0.1, -0.05) is 13.3 Å². The van der Waals surface area contributed by atoms with Crippen LogP contribution in [0.4, 0.5) is 11.4 Å². The molecule has 0 atom stereocenters. The van der Waals surface area contributed by atoms with E-state index in [9.17, 15) is 9.59 Å². The van der Waals surface area contributed by atoms with Crippen molar-refractivity contribution in [1.82, 2.24) is 5.32 Å². The first-order valence-corrected chi connectivity index (χ1v) is 7.57. The summed E-state index contributed by atoms with van der Waals surface area (Å²) in [4.78, 5) is 25.8. The SMILES string of the molecule is CCCCNC(=O)CN1C(=O)CCCc2cc(N)ccc21. The number of benzene rings is 1. The summed E-state index contributed by atoms with van der Waals surface area (Å²) in [6.07, 6.45) is 4.07. The van der Waals surface area contributed by atoms with Crippen LogP contribution in [0.5, 0.6) is 0 Å². The highest BCUT2D eigenvalue weighted by molar-refractivity contribution is 6.00. The van der Waals surface area contributed by atoms with E-state index in [-0.39, 0.29) is 18.4 Å². The molecule has 3 N–H and O–H groups in total. The third-order valence-corrected chi connectivity index (χ3v) is 3.69. The number of nitrogen functional groups attached to an aromatic ring is 1. The molecule has 2 rings (SSSR count). The van der Waals surface area contributed by atoms with Gasteiger partial charge < -0.3 is 16.0 Å².